The van der Waals surface area contributed by atoms with Gasteiger partial charge in [0.2, 0.25) is 5.91 Å². The summed E-state index contributed by atoms with van der Waals surface area (Å²) in [4.78, 5) is 31.9. The van der Waals surface area contributed by atoms with Crippen molar-refractivity contribution >= 4 is 23.3 Å². The smallest absolute Gasteiger partial charge is 0.303 e. The van der Waals surface area contributed by atoms with Crippen LogP contribution in [0.1, 0.15) is 25.7 Å². The molecule has 0 saturated heterocycles. The number of aliphatic carboxylic acids is 1. The molecule has 3 N–H and O–H groups in total. The topological polar surface area (TPSA) is 130 Å². The Hall–Kier alpha value is -2.64. The molecule has 0 aliphatic heterocycles. The van der Waals surface area contributed by atoms with Crippen molar-refractivity contribution in [2.24, 2.45) is 0 Å². The lowest BCUT2D eigenvalue weighted by atomic mass is 10.2. The Kier molecular flexibility index (Phi) is 5.45. The first-order valence-electron chi connectivity index (χ1n) is 5.89. The van der Waals surface area contributed by atoms with E-state index in [1.807, 2.05) is 0 Å². The summed E-state index contributed by atoms with van der Waals surface area (Å²) in [6.45, 7) is 0. The zero-order chi connectivity index (χ0) is 15.1. The molecule has 1 amide bonds. The lowest BCUT2D eigenvalue weighted by molar-refractivity contribution is -0.384. The van der Waals surface area contributed by atoms with E-state index in [0.29, 0.717) is 12.8 Å². The Bertz CT molecular complexity index is 529. The number of phenolic OH excluding ortho intramolecular Hbond substituents is 1. The molecule has 0 atom stereocenters. The number of amides is 1. The van der Waals surface area contributed by atoms with E-state index in [9.17, 15) is 24.8 Å². The Balaban J connectivity index is 2.57. The summed E-state index contributed by atoms with van der Waals surface area (Å²) in [5.74, 6) is -1.64. The zero-order valence-electron chi connectivity index (χ0n) is 10.5. The third-order valence-corrected chi connectivity index (χ3v) is 2.50. The number of phenols is 1. The fourth-order valence-corrected chi connectivity index (χ4v) is 1.55. The number of carboxylic acid groups (broad SMARTS) is 1. The molecule has 0 radical (unpaired) electrons. The van der Waals surface area contributed by atoms with E-state index >= 15 is 0 Å². The molecule has 1 rings (SSSR count). The number of rotatable bonds is 7. The largest absolute Gasteiger partial charge is 0.508 e. The van der Waals surface area contributed by atoms with Crippen molar-refractivity contribution in [1.29, 1.82) is 0 Å². The summed E-state index contributed by atoms with van der Waals surface area (Å²) in [6, 6.07) is 3.41. The molecule has 1 aromatic rings. The van der Waals surface area contributed by atoms with Crippen LogP contribution >= 0.6 is 0 Å². The van der Waals surface area contributed by atoms with Crippen LogP contribution < -0.4 is 5.32 Å². The molecule has 0 spiro atoms. The maximum absolute atomic E-state index is 11.6. The highest BCUT2D eigenvalue weighted by atomic mass is 16.6. The van der Waals surface area contributed by atoms with E-state index in [4.69, 9.17) is 5.11 Å². The van der Waals surface area contributed by atoms with Gasteiger partial charge in [0.25, 0.3) is 5.69 Å². The van der Waals surface area contributed by atoms with Crippen LogP contribution in [0.2, 0.25) is 0 Å². The van der Waals surface area contributed by atoms with Gasteiger partial charge in [-0.2, -0.15) is 0 Å². The van der Waals surface area contributed by atoms with Crippen molar-refractivity contribution in [3.8, 4) is 5.75 Å². The molecule has 0 fully saturated rings. The van der Waals surface area contributed by atoms with Crippen LogP contribution in [0.4, 0.5) is 11.4 Å². The van der Waals surface area contributed by atoms with Crippen LogP contribution in [0.15, 0.2) is 18.2 Å². The van der Waals surface area contributed by atoms with Gasteiger partial charge in [-0.15, -0.1) is 0 Å². The van der Waals surface area contributed by atoms with E-state index in [2.05, 4.69) is 5.32 Å². The third-order valence-electron chi connectivity index (χ3n) is 2.50. The van der Waals surface area contributed by atoms with E-state index in [1.54, 1.807) is 0 Å². The van der Waals surface area contributed by atoms with Crippen molar-refractivity contribution in [3.05, 3.63) is 28.3 Å². The standard InChI is InChI=1S/C12H14N2O6/c15-8-5-6-9(10(7-8)14(19)20)13-11(16)3-1-2-4-12(17)18/h5-7,15H,1-4H2,(H,13,16)(H,17,18). The molecule has 8 heteroatoms. The Morgan fingerprint density at radius 2 is 1.90 bits per heavy atom. The summed E-state index contributed by atoms with van der Waals surface area (Å²) >= 11 is 0. The highest BCUT2D eigenvalue weighted by molar-refractivity contribution is 5.93. The van der Waals surface area contributed by atoms with Crippen LogP contribution in [0, 0.1) is 10.1 Å². The number of aromatic hydroxyl groups is 1. The number of carboxylic acids is 1. The van der Waals surface area contributed by atoms with Crippen molar-refractivity contribution in [2.75, 3.05) is 5.32 Å². The molecular weight excluding hydrogens is 268 g/mol. The predicted molar refractivity (Wildman–Crippen MR) is 69.5 cm³/mol. The molecule has 0 aliphatic carbocycles. The lowest BCUT2D eigenvalue weighted by Gasteiger charge is -2.06. The van der Waals surface area contributed by atoms with Crippen LogP contribution in [-0.2, 0) is 9.59 Å². The first kappa shape index (κ1) is 15.4. The van der Waals surface area contributed by atoms with Crippen LogP contribution in [-0.4, -0.2) is 27.0 Å². The number of anilines is 1. The van der Waals surface area contributed by atoms with E-state index in [1.165, 1.54) is 12.1 Å². The predicted octanol–water partition coefficient (Wildman–Crippen LogP) is 1.88. The second kappa shape index (κ2) is 7.07. The normalized spacial score (nSPS) is 10.0. The first-order valence-corrected chi connectivity index (χ1v) is 5.89. The van der Waals surface area contributed by atoms with Gasteiger partial charge in [-0.05, 0) is 25.0 Å². The molecule has 0 saturated carbocycles. The van der Waals surface area contributed by atoms with E-state index in [-0.39, 0.29) is 24.3 Å². The van der Waals surface area contributed by atoms with Gasteiger partial charge in [0.05, 0.1) is 11.0 Å². The van der Waals surface area contributed by atoms with Gasteiger partial charge >= 0.3 is 5.97 Å². The Morgan fingerprint density at radius 1 is 1.25 bits per heavy atom. The lowest BCUT2D eigenvalue weighted by Crippen LogP contribution is -2.12. The summed E-state index contributed by atoms with van der Waals surface area (Å²) in [7, 11) is 0. The number of nitro groups is 1. The summed E-state index contributed by atoms with van der Waals surface area (Å²) in [5, 5.41) is 30.7. The van der Waals surface area contributed by atoms with Gasteiger partial charge in [0.1, 0.15) is 11.4 Å². The van der Waals surface area contributed by atoms with Gasteiger partial charge < -0.3 is 15.5 Å². The average molecular weight is 282 g/mol. The fraction of sp³-hybridized carbons (Fsp3) is 0.333. The summed E-state index contributed by atoms with van der Waals surface area (Å²) in [6.07, 6.45) is 0.794. The van der Waals surface area contributed by atoms with Crippen molar-refractivity contribution < 1.29 is 24.7 Å². The van der Waals surface area contributed by atoms with Gasteiger partial charge in [-0.1, -0.05) is 0 Å². The molecule has 0 aromatic heterocycles. The number of carbonyl (C=O) groups is 2. The Morgan fingerprint density at radius 3 is 2.50 bits per heavy atom. The number of hydrogen-bond donors (Lipinski definition) is 3. The van der Waals surface area contributed by atoms with Crippen LogP contribution in [0.3, 0.4) is 0 Å². The van der Waals surface area contributed by atoms with Crippen molar-refractivity contribution in [1.82, 2.24) is 0 Å². The second-order valence-electron chi connectivity index (χ2n) is 4.11. The van der Waals surface area contributed by atoms with Crippen LogP contribution in [0.25, 0.3) is 0 Å². The van der Waals surface area contributed by atoms with E-state index in [0.717, 1.165) is 6.07 Å². The minimum atomic E-state index is -0.931. The number of nitrogens with zero attached hydrogens (tertiary/aromatic N) is 1. The van der Waals surface area contributed by atoms with Gasteiger partial charge in [0, 0.05) is 12.8 Å². The zero-order valence-corrected chi connectivity index (χ0v) is 10.5. The molecule has 8 nitrogen and oxygen atoms in total. The second-order valence-corrected chi connectivity index (χ2v) is 4.11. The van der Waals surface area contributed by atoms with Gasteiger partial charge in [-0.3, -0.25) is 19.7 Å². The molecule has 0 bridgehead atoms. The van der Waals surface area contributed by atoms with Crippen molar-refractivity contribution in [2.45, 2.75) is 25.7 Å². The molecule has 0 unspecified atom stereocenters. The Labute approximate surface area is 114 Å². The van der Waals surface area contributed by atoms with Crippen LogP contribution in [0.5, 0.6) is 5.75 Å². The van der Waals surface area contributed by atoms with Gasteiger partial charge in [-0.25, -0.2) is 0 Å². The maximum atomic E-state index is 11.6. The quantitative estimate of drug-likeness (QED) is 0.303. The van der Waals surface area contributed by atoms with E-state index < -0.39 is 22.5 Å². The molecule has 20 heavy (non-hydrogen) atoms. The SMILES string of the molecule is O=C(O)CCCCC(=O)Nc1ccc(O)cc1[N+](=O)[O-]. The maximum Gasteiger partial charge on any atom is 0.303 e. The number of nitrogens with one attached hydrogen (secondary N) is 1. The summed E-state index contributed by atoms with van der Waals surface area (Å²) < 4.78 is 0. The molecular formula is C12H14N2O6. The highest BCUT2D eigenvalue weighted by Gasteiger charge is 2.16. The number of benzene rings is 1. The first-order chi connectivity index (χ1) is 9.40. The molecule has 0 heterocycles. The third kappa shape index (κ3) is 4.92. The molecule has 1 aromatic carbocycles. The monoisotopic (exact) mass is 282 g/mol. The fourth-order valence-electron chi connectivity index (χ4n) is 1.55. The minimum absolute atomic E-state index is 0.00367. The van der Waals surface area contributed by atoms with Crippen molar-refractivity contribution in [3.63, 3.8) is 0 Å². The van der Waals surface area contributed by atoms with Gasteiger partial charge in [0.15, 0.2) is 0 Å². The molecule has 0 aliphatic rings. The number of unbranched alkanes of at least 4 members (excludes halogenated alkanes) is 1. The number of nitro benzene ring substituents is 1. The minimum Gasteiger partial charge on any atom is -0.508 e. The average Bonchev–Trinajstić information content (AvgIpc) is 2.36. The number of hydrogen-bond acceptors (Lipinski definition) is 5. The summed E-state index contributed by atoms with van der Waals surface area (Å²) in [5.41, 5.74) is -0.403. The molecule has 108 valence electrons. The number of carbonyl (C=O) groups excluding carboxylic acids is 1. The highest BCUT2D eigenvalue weighted by Crippen LogP contribution is 2.28.